The molecule has 1 saturated heterocycles. The molecular formula is C21H23N5O2S. The monoisotopic (exact) mass is 409 g/mol. The first-order valence-corrected chi connectivity index (χ1v) is 10.4. The molecule has 0 radical (unpaired) electrons. The van der Waals surface area contributed by atoms with Crippen LogP contribution in [0.2, 0.25) is 0 Å². The first-order valence-electron chi connectivity index (χ1n) is 9.56. The van der Waals surface area contributed by atoms with Gasteiger partial charge in [0, 0.05) is 18.3 Å². The van der Waals surface area contributed by atoms with E-state index in [-0.39, 0.29) is 17.9 Å². The number of aryl methyl sites for hydroxylation is 1. The molecule has 0 aliphatic carbocycles. The first kappa shape index (κ1) is 19.3. The largest absolute Gasteiger partial charge is 0.497 e. The molecule has 0 bridgehead atoms. The van der Waals surface area contributed by atoms with Crippen molar-refractivity contribution in [3.63, 3.8) is 0 Å². The second-order valence-corrected chi connectivity index (χ2v) is 7.89. The molecule has 29 heavy (non-hydrogen) atoms. The molecule has 0 saturated carbocycles. The van der Waals surface area contributed by atoms with Gasteiger partial charge in [0.2, 0.25) is 5.95 Å². The van der Waals surface area contributed by atoms with Gasteiger partial charge < -0.3 is 15.4 Å². The van der Waals surface area contributed by atoms with Crippen molar-refractivity contribution in [2.75, 3.05) is 19.4 Å². The van der Waals surface area contributed by atoms with Gasteiger partial charge >= 0.3 is 0 Å². The van der Waals surface area contributed by atoms with Crippen LogP contribution in [0, 0.1) is 6.92 Å². The molecule has 1 aliphatic rings. The van der Waals surface area contributed by atoms with E-state index >= 15 is 0 Å². The highest BCUT2D eigenvalue weighted by molar-refractivity contribution is 7.11. The van der Waals surface area contributed by atoms with Gasteiger partial charge in [0.25, 0.3) is 5.91 Å². The highest BCUT2D eigenvalue weighted by atomic mass is 32.1. The highest BCUT2D eigenvalue weighted by Gasteiger charge is 2.33. The summed E-state index contributed by atoms with van der Waals surface area (Å²) < 4.78 is 5.37. The molecule has 3 heterocycles. The van der Waals surface area contributed by atoms with E-state index in [0.29, 0.717) is 11.4 Å². The standard InChI is InChI=1S/C21H23N5O2S/c1-13-19(29-12-24-13)20(27)26-9-4-3-8-17(26)18-16(11-23-21(22)25-18)14-6-5-7-15(10-14)28-2/h5-7,10-12,17H,3-4,8-9H2,1-2H3,(H2,22,23,25)/t17-/m1/s1. The van der Waals surface area contributed by atoms with Crippen molar-refractivity contribution in [3.8, 4) is 16.9 Å². The van der Waals surface area contributed by atoms with Crippen LogP contribution < -0.4 is 10.5 Å². The van der Waals surface area contributed by atoms with Crippen molar-refractivity contribution >= 4 is 23.2 Å². The van der Waals surface area contributed by atoms with Crippen LogP contribution in [-0.2, 0) is 0 Å². The number of hydrogen-bond acceptors (Lipinski definition) is 7. The predicted molar refractivity (Wildman–Crippen MR) is 113 cm³/mol. The molecule has 0 spiro atoms. The maximum atomic E-state index is 13.3. The minimum atomic E-state index is -0.163. The van der Waals surface area contributed by atoms with E-state index in [9.17, 15) is 4.79 Å². The van der Waals surface area contributed by atoms with E-state index in [1.165, 1.54) is 11.3 Å². The van der Waals surface area contributed by atoms with E-state index in [4.69, 9.17) is 10.5 Å². The summed E-state index contributed by atoms with van der Waals surface area (Å²) >= 11 is 1.38. The molecule has 4 rings (SSSR count). The van der Waals surface area contributed by atoms with Gasteiger partial charge in [-0.3, -0.25) is 4.79 Å². The topological polar surface area (TPSA) is 94.2 Å². The normalized spacial score (nSPS) is 16.6. The third-order valence-corrected chi connectivity index (χ3v) is 6.15. The number of hydrogen-bond donors (Lipinski definition) is 1. The van der Waals surface area contributed by atoms with Crippen molar-refractivity contribution in [1.82, 2.24) is 19.9 Å². The second-order valence-electron chi connectivity index (χ2n) is 7.04. The summed E-state index contributed by atoms with van der Waals surface area (Å²) in [5.41, 5.74) is 11.0. The minimum Gasteiger partial charge on any atom is -0.497 e. The summed E-state index contributed by atoms with van der Waals surface area (Å²) in [6.45, 7) is 2.55. The lowest BCUT2D eigenvalue weighted by Gasteiger charge is -2.36. The van der Waals surface area contributed by atoms with Crippen LogP contribution in [0.15, 0.2) is 36.0 Å². The van der Waals surface area contributed by atoms with Gasteiger partial charge in [-0.15, -0.1) is 11.3 Å². The van der Waals surface area contributed by atoms with Crippen molar-refractivity contribution in [2.24, 2.45) is 0 Å². The zero-order valence-corrected chi connectivity index (χ0v) is 17.3. The van der Waals surface area contributed by atoms with E-state index < -0.39 is 0 Å². The number of carbonyl (C=O) groups is 1. The molecule has 150 valence electrons. The van der Waals surface area contributed by atoms with Crippen LogP contribution in [0.1, 0.15) is 46.4 Å². The van der Waals surface area contributed by atoms with Crippen LogP contribution in [0.25, 0.3) is 11.1 Å². The van der Waals surface area contributed by atoms with Crippen molar-refractivity contribution in [3.05, 3.63) is 52.2 Å². The third kappa shape index (κ3) is 3.80. The lowest BCUT2D eigenvalue weighted by molar-refractivity contribution is 0.0611. The average molecular weight is 410 g/mol. The molecule has 8 heteroatoms. The van der Waals surface area contributed by atoms with Gasteiger partial charge in [-0.1, -0.05) is 12.1 Å². The van der Waals surface area contributed by atoms with Crippen LogP contribution in [0.5, 0.6) is 5.75 Å². The second kappa shape index (κ2) is 8.16. The maximum absolute atomic E-state index is 13.3. The fourth-order valence-corrected chi connectivity index (χ4v) is 4.53. The molecule has 1 aliphatic heterocycles. The highest BCUT2D eigenvalue weighted by Crippen LogP contribution is 2.37. The predicted octanol–water partition coefficient (Wildman–Crippen LogP) is 3.87. The summed E-state index contributed by atoms with van der Waals surface area (Å²) in [7, 11) is 1.64. The molecule has 1 fully saturated rings. The molecule has 1 amide bonds. The lowest BCUT2D eigenvalue weighted by atomic mass is 9.93. The smallest absolute Gasteiger partial charge is 0.266 e. The number of piperidine rings is 1. The molecule has 7 nitrogen and oxygen atoms in total. The molecule has 1 aromatic carbocycles. The number of ether oxygens (including phenoxy) is 1. The number of amides is 1. The number of nitrogens with two attached hydrogens (primary N) is 1. The summed E-state index contributed by atoms with van der Waals surface area (Å²) in [5.74, 6) is 0.962. The Labute approximate surface area is 173 Å². The number of likely N-dealkylation sites (tertiary alicyclic amines) is 1. The molecule has 2 N–H and O–H groups in total. The minimum absolute atomic E-state index is 0.00322. The van der Waals surface area contributed by atoms with Gasteiger partial charge in [-0.25, -0.2) is 15.0 Å². The van der Waals surface area contributed by atoms with Gasteiger partial charge in [0.15, 0.2) is 0 Å². The number of methoxy groups -OCH3 is 1. The quantitative estimate of drug-likeness (QED) is 0.703. The number of nitrogen functional groups attached to an aromatic ring is 1. The van der Waals surface area contributed by atoms with E-state index in [2.05, 4.69) is 15.0 Å². The van der Waals surface area contributed by atoms with Gasteiger partial charge in [0.05, 0.1) is 30.1 Å². The van der Waals surface area contributed by atoms with Gasteiger partial charge in [-0.05, 0) is 43.9 Å². The van der Waals surface area contributed by atoms with Crippen LogP contribution in [-0.4, -0.2) is 39.4 Å². The first-order chi connectivity index (χ1) is 14.1. The summed E-state index contributed by atoms with van der Waals surface area (Å²) in [6, 6.07) is 7.59. The third-order valence-electron chi connectivity index (χ3n) is 5.24. The number of rotatable bonds is 4. The fourth-order valence-electron chi connectivity index (χ4n) is 3.77. The summed E-state index contributed by atoms with van der Waals surface area (Å²) in [5, 5.41) is 0. The van der Waals surface area contributed by atoms with Gasteiger partial charge in [-0.2, -0.15) is 0 Å². The number of aromatic nitrogens is 3. The Morgan fingerprint density at radius 1 is 1.31 bits per heavy atom. The van der Waals surface area contributed by atoms with E-state index in [1.807, 2.05) is 36.1 Å². The molecule has 3 aromatic rings. The maximum Gasteiger partial charge on any atom is 0.266 e. The van der Waals surface area contributed by atoms with Crippen LogP contribution in [0.4, 0.5) is 5.95 Å². The zero-order valence-electron chi connectivity index (χ0n) is 16.5. The Bertz CT molecular complexity index is 1040. The molecular weight excluding hydrogens is 386 g/mol. The zero-order chi connectivity index (χ0) is 20.4. The Balaban J connectivity index is 1.78. The summed E-state index contributed by atoms with van der Waals surface area (Å²) in [6.07, 6.45) is 4.56. The van der Waals surface area contributed by atoms with E-state index in [1.54, 1.807) is 18.8 Å². The molecule has 1 atom stereocenters. The number of nitrogens with zero attached hydrogens (tertiary/aromatic N) is 4. The Hall–Kier alpha value is -3.00. The molecule has 2 aromatic heterocycles. The number of benzene rings is 1. The summed E-state index contributed by atoms with van der Waals surface area (Å²) in [4.78, 5) is 28.9. The van der Waals surface area contributed by atoms with Crippen molar-refractivity contribution in [1.29, 1.82) is 0 Å². The number of carbonyl (C=O) groups excluding carboxylic acids is 1. The number of thiazole rings is 1. The van der Waals surface area contributed by atoms with Crippen molar-refractivity contribution < 1.29 is 9.53 Å². The fraction of sp³-hybridized carbons (Fsp3) is 0.333. The van der Waals surface area contributed by atoms with Crippen LogP contribution >= 0.6 is 11.3 Å². The Morgan fingerprint density at radius 2 is 2.17 bits per heavy atom. The number of anilines is 1. The van der Waals surface area contributed by atoms with Crippen molar-refractivity contribution in [2.45, 2.75) is 32.2 Å². The van der Waals surface area contributed by atoms with Crippen LogP contribution in [0.3, 0.4) is 0 Å². The lowest BCUT2D eigenvalue weighted by Crippen LogP contribution is -2.39. The van der Waals surface area contributed by atoms with Gasteiger partial charge in [0.1, 0.15) is 10.6 Å². The average Bonchev–Trinajstić information content (AvgIpc) is 3.19. The Morgan fingerprint density at radius 3 is 2.93 bits per heavy atom. The Kier molecular flexibility index (Phi) is 5.44. The SMILES string of the molecule is COc1cccc(-c2cnc(N)nc2[C@H]2CCCCN2C(=O)c2scnc2C)c1. The molecule has 0 unspecified atom stereocenters. The van der Waals surface area contributed by atoms with E-state index in [0.717, 1.165) is 47.5 Å².